The van der Waals surface area contributed by atoms with E-state index in [0.29, 0.717) is 31.5 Å². The van der Waals surface area contributed by atoms with Gasteiger partial charge in [0.2, 0.25) is 5.91 Å². The molecular weight excluding hydrogens is 410 g/mol. The van der Waals surface area contributed by atoms with Crippen LogP contribution in [-0.2, 0) is 22.5 Å². The van der Waals surface area contributed by atoms with Crippen molar-refractivity contribution in [3.8, 4) is 0 Å². The van der Waals surface area contributed by atoms with Crippen LogP contribution in [0.2, 0.25) is 0 Å². The molecule has 5 rings (SSSR count). The SMILES string of the molecule is O=C(CC1CCN(Cc2ccccc2)CC1)N[C@H]1COC[C@H]1Cc1ccnc2ccccc12. The van der Waals surface area contributed by atoms with Crippen LogP contribution < -0.4 is 5.32 Å². The predicted molar refractivity (Wildman–Crippen MR) is 131 cm³/mol. The summed E-state index contributed by atoms with van der Waals surface area (Å²) in [5.41, 5.74) is 3.66. The highest BCUT2D eigenvalue weighted by Gasteiger charge is 2.31. The van der Waals surface area contributed by atoms with E-state index in [9.17, 15) is 4.79 Å². The zero-order valence-corrected chi connectivity index (χ0v) is 19.2. The van der Waals surface area contributed by atoms with Gasteiger partial charge in [-0.05, 0) is 61.5 Å². The highest BCUT2D eigenvalue weighted by Crippen LogP contribution is 2.25. The second kappa shape index (κ2) is 10.4. The molecule has 0 saturated carbocycles. The van der Waals surface area contributed by atoms with Crippen LogP contribution >= 0.6 is 0 Å². The highest BCUT2D eigenvalue weighted by molar-refractivity contribution is 5.82. The fourth-order valence-electron chi connectivity index (χ4n) is 5.29. The molecule has 0 spiro atoms. The molecule has 5 nitrogen and oxygen atoms in total. The van der Waals surface area contributed by atoms with E-state index in [0.717, 1.165) is 44.4 Å². The smallest absolute Gasteiger partial charge is 0.220 e. The lowest BCUT2D eigenvalue weighted by molar-refractivity contribution is -0.123. The van der Waals surface area contributed by atoms with Gasteiger partial charge in [-0.15, -0.1) is 0 Å². The number of amides is 1. The minimum Gasteiger partial charge on any atom is -0.379 e. The Kier molecular flexibility index (Phi) is 6.98. The van der Waals surface area contributed by atoms with Crippen LogP contribution in [0.25, 0.3) is 10.9 Å². The lowest BCUT2D eigenvalue weighted by Crippen LogP contribution is -2.42. The molecule has 1 amide bonds. The Balaban J connectivity index is 1.11. The van der Waals surface area contributed by atoms with Gasteiger partial charge in [0, 0.05) is 30.5 Å². The Bertz CT molecular complexity index is 1060. The maximum atomic E-state index is 12.9. The summed E-state index contributed by atoms with van der Waals surface area (Å²) in [6.45, 7) is 4.44. The van der Waals surface area contributed by atoms with Crippen LogP contribution in [0.4, 0.5) is 0 Å². The standard InChI is InChI=1S/C28H33N3O2/c32-28(16-21-11-14-31(15-12-21)18-22-6-2-1-3-7-22)30-27-20-33-19-24(27)17-23-10-13-29-26-9-5-4-8-25(23)26/h1-10,13,21,24,27H,11-12,14-20H2,(H,30,32)/t24-,27+/m1/s1. The summed E-state index contributed by atoms with van der Waals surface area (Å²) in [4.78, 5) is 19.8. The molecule has 2 aromatic carbocycles. The summed E-state index contributed by atoms with van der Waals surface area (Å²) in [7, 11) is 0. The molecule has 172 valence electrons. The molecule has 0 unspecified atom stereocenters. The zero-order chi connectivity index (χ0) is 22.5. The van der Waals surface area contributed by atoms with Gasteiger partial charge < -0.3 is 10.1 Å². The van der Waals surface area contributed by atoms with E-state index in [1.807, 2.05) is 18.3 Å². The highest BCUT2D eigenvalue weighted by atomic mass is 16.5. The van der Waals surface area contributed by atoms with Gasteiger partial charge in [0.1, 0.15) is 0 Å². The number of hydrogen-bond donors (Lipinski definition) is 1. The summed E-state index contributed by atoms with van der Waals surface area (Å²) in [5, 5.41) is 4.50. The molecule has 2 fully saturated rings. The molecule has 3 heterocycles. The molecule has 1 aromatic heterocycles. The Morgan fingerprint density at radius 2 is 1.79 bits per heavy atom. The average Bonchev–Trinajstić information content (AvgIpc) is 3.27. The van der Waals surface area contributed by atoms with Crippen molar-refractivity contribution in [3.05, 3.63) is 78.0 Å². The summed E-state index contributed by atoms with van der Waals surface area (Å²) >= 11 is 0. The number of ether oxygens (including phenoxy) is 1. The van der Waals surface area contributed by atoms with Crippen molar-refractivity contribution < 1.29 is 9.53 Å². The quantitative estimate of drug-likeness (QED) is 0.594. The van der Waals surface area contributed by atoms with E-state index in [1.165, 1.54) is 16.5 Å². The molecule has 2 saturated heterocycles. The summed E-state index contributed by atoms with van der Waals surface area (Å²) in [6, 6.07) is 21.1. The van der Waals surface area contributed by atoms with E-state index >= 15 is 0 Å². The first kappa shape index (κ1) is 22.1. The van der Waals surface area contributed by atoms with Gasteiger partial charge in [0.05, 0.1) is 24.8 Å². The molecule has 33 heavy (non-hydrogen) atoms. The van der Waals surface area contributed by atoms with Crippen molar-refractivity contribution in [1.29, 1.82) is 0 Å². The van der Waals surface area contributed by atoms with Crippen molar-refractivity contribution in [1.82, 2.24) is 15.2 Å². The van der Waals surface area contributed by atoms with Crippen molar-refractivity contribution in [2.75, 3.05) is 26.3 Å². The number of aromatic nitrogens is 1. The summed E-state index contributed by atoms with van der Waals surface area (Å²) in [5.74, 6) is 0.950. The lowest BCUT2D eigenvalue weighted by atomic mass is 9.91. The van der Waals surface area contributed by atoms with Crippen LogP contribution in [0.5, 0.6) is 0 Å². The molecule has 0 radical (unpaired) electrons. The van der Waals surface area contributed by atoms with E-state index in [2.05, 4.69) is 63.7 Å². The number of benzene rings is 2. The first-order chi connectivity index (χ1) is 16.2. The topological polar surface area (TPSA) is 54.5 Å². The van der Waals surface area contributed by atoms with Gasteiger partial charge in [0.25, 0.3) is 0 Å². The van der Waals surface area contributed by atoms with Crippen molar-refractivity contribution >= 4 is 16.8 Å². The molecule has 5 heteroatoms. The molecular formula is C28H33N3O2. The molecule has 2 aliphatic heterocycles. The van der Waals surface area contributed by atoms with E-state index in [4.69, 9.17) is 4.74 Å². The second-order valence-electron chi connectivity index (χ2n) is 9.57. The molecule has 0 bridgehead atoms. The van der Waals surface area contributed by atoms with Gasteiger partial charge in [0.15, 0.2) is 0 Å². The Morgan fingerprint density at radius 1 is 1.00 bits per heavy atom. The second-order valence-corrected chi connectivity index (χ2v) is 9.57. The minimum atomic E-state index is 0.0857. The zero-order valence-electron chi connectivity index (χ0n) is 19.2. The van der Waals surface area contributed by atoms with Gasteiger partial charge in [-0.25, -0.2) is 0 Å². The third-order valence-electron chi connectivity index (χ3n) is 7.20. The molecule has 3 aromatic rings. The van der Waals surface area contributed by atoms with Gasteiger partial charge >= 0.3 is 0 Å². The van der Waals surface area contributed by atoms with E-state index in [1.54, 1.807) is 0 Å². The van der Waals surface area contributed by atoms with Crippen molar-refractivity contribution in [2.45, 2.75) is 38.3 Å². The monoisotopic (exact) mass is 443 g/mol. The number of para-hydroxylation sites is 1. The maximum absolute atomic E-state index is 12.9. The first-order valence-corrected chi connectivity index (χ1v) is 12.2. The number of nitrogens with one attached hydrogen (secondary N) is 1. The minimum absolute atomic E-state index is 0.0857. The van der Waals surface area contributed by atoms with Crippen LogP contribution in [-0.4, -0.2) is 48.1 Å². The number of fused-ring (bicyclic) bond motifs is 1. The van der Waals surface area contributed by atoms with E-state index in [-0.39, 0.29) is 11.9 Å². The number of nitrogens with zero attached hydrogens (tertiary/aromatic N) is 2. The number of piperidine rings is 1. The Hall–Kier alpha value is -2.76. The normalized spacial score (nSPS) is 21.9. The fraction of sp³-hybridized carbons (Fsp3) is 0.429. The Labute approximate surface area is 196 Å². The van der Waals surface area contributed by atoms with E-state index < -0.39 is 0 Å². The number of carbonyl (C=O) groups is 1. The van der Waals surface area contributed by atoms with Crippen LogP contribution in [0.1, 0.15) is 30.4 Å². The van der Waals surface area contributed by atoms with Crippen molar-refractivity contribution in [2.24, 2.45) is 11.8 Å². The molecule has 0 aliphatic carbocycles. The van der Waals surface area contributed by atoms with Gasteiger partial charge in [-0.1, -0.05) is 48.5 Å². The number of rotatable bonds is 7. The predicted octanol–water partition coefficient (Wildman–Crippen LogP) is 4.21. The third-order valence-corrected chi connectivity index (χ3v) is 7.20. The van der Waals surface area contributed by atoms with Gasteiger partial charge in [-0.3, -0.25) is 14.7 Å². The Morgan fingerprint density at radius 3 is 2.64 bits per heavy atom. The van der Waals surface area contributed by atoms with Crippen LogP contribution in [0.3, 0.4) is 0 Å². The fourth-order valence-corrected chi connectivity index (χ4v) is 5.29. The first-order valence-electron chi connectivity index (χ1n) is 12.2. The molecule has 2 aliphatic rings. The maximum Gasteiger partial charge on any atom is 0.220 e. The molecule has 2 atom stereocenters. The summed E-state index contributed by atoms with van der Waals surface area (Å²) < 4.78 is 5.78. The molecule has 1 N–H and O–H groups in total. The lowest BCUT2D eigenvalue weighted by Gasteiger charge is -2.32. The van der Waals surface area contributed by atoms with Crippen LogP contribution in [0, 0.1) is 11.8 Å². The summed E-state index contributed by atoms with van der Waals surface area (Å²) in [6.07, 6.45) is 5.58. The largest absolute Gasteiger partial charge is 0.379 e. The third kappa shape index (κ3) is 5.60. The van der Waals surface area contributed by atoms with Crippen molar-refractivity contribution in [3.63, 3.8) is 0 Å². The average molecular weight is 444 g/mol. The number of carbonyl (C=O) groups excluding carboxylic acids is 1. The van der Waals surface area contributed by atoms with Gasteiger partial charge in [-0.2, -0.15) is 0 Å². The number of pyridine rings is 1. The van der Waals surface area contributed by atoms with Crippen LogP contribution in [0.15, 0.2) is 66.9 Å². The number of hydrogen-bond acceptors (Lipinski definition) is 4. The number of likely N-dealkylation sites (tertiary alicyclic amines) is 1.